The van der Waals surface area contributed by atoms with E-state index in [2.05, 4.69) is 57.3 Å². The molecule has 3 rings (SSSR count). The number of rotatable bonds is 3. The van der Waals surface area contributed by atoms with Gasteiger partial charge in [0.05, 0.1) is 5.69 Å². The molecule has 0 aromatic heterocycles. The molecule has 0 radical (unpaired) electrons. The largest absolute Gasteiger partial charge is 0.368 e. The first kappa shape index (κ1) is 16.8. The summed E-state index contributed by atoms with van der Waals surface area (Å²) in [5, 5.41) is 2.97. The maximum absolute atomic E-state index is 12.4. The molecule has 2 aromatic rings. The molecular weight excluding hydrogens is 366 g/mol. The van der Waals surface area contributed by atoms with Gasteiger partial charge in [-0.1, -0.05) is 31.2 Å². The minimum absolute atomic E-state index is 0.0390. The normalized spacial score (nSPS) is 14.6. The lowest BCUT2D eigenvalue weighted by atomic mass is 10.1. The number of anilines is 2. The van der Waals surface area contributed by atoms with Crippen molar-refractivity contribution in [2.24, 2.45) is 0 Å². The van der Waals surface area contributed by atoms with E-state index in [1.807, 2.05) is 29.2 Å². The number of piperazine rings is 1. The molecule has 2 amide bonds. The smallest absolute Gasteiger partial charge is 0.321 e. The Balaban J connectivity index is 1.56. The van der Waals surface area contributed by atoms with Gasteiger partial charge in [0.1, 0.15) is 0 Å². The fraction of sp³-hybridized carbons (Fsp3) is 0.316. The third-order valence-electron chi connectivity index (χ3n) is 4.39. The summed E-state index contributed by atoms with van der Waals surface area (Å²) in [5.41, 5.74) is 3.39. The van der Waals surface area contributed by atoms with Gasteiger partial charge in [0.2, 0.25) is 0 Å². The van der Waals surface area contributed by atoms with Gasteiger partial charge in [0.25, 0.3) is 0 Å². The van der Waals surface area contributed by atoms with Crippen molar-refractivity contribution in [3.05, 3.63) is 58.6 Å². The second-order valence-corrected chi connectivity index (χ2v) is 6.76. The maximum atomic E-state index is 12.4. The number of para-hydroxylation sites is 1. The van der Waals surface area contributed by atoms with Crippen molar-refractivity contribution < 1.29 is 4.79 Å². The lowest BCUT2D eigenvalue weighted by Crippen LogP contribution is -2.50. The van der Waals surface area contributed by atoms with Crippen LogP contribution in [0.2, 0.25) is 0 Å². The standard InChI is InChI=1S/C19H22BrN3O/c1-2-15-7-9-16(10-8-15)22-11-13-23(14-12-22)19(24)21-18-6-4-3-5-17(18)20/h3-10H,2,11-14H2,1H3,(H,21,24). The highest BCUT2D eigenvalue weighted by Crippen LogP contribution is 2.22. The van der Waals surface area contributed by atoms with E-state index in [1.165, 1.54) is 11.3 Å². The van der Waals surface area contributed by atoms with Crippen molar-refractivity contribution in [3.63, 3.8) is 0 Å². The molecule has 0 bridgehead atoms. The van der Waals surface area contributed by atoms with Gasteiger partial charge in [0, 0.05) is 36.3 Å². The minimum Gasteiger partial charge on any atom is -0.368 e. The van der Waals surface area contributed by atoms with E-state index in [-0.39, 0.29) is 6.03 Å². The SMILES string of the molecule is CCc1ccc(N2CCN(C(=O)Nc3ccccc3Br)CC2)cc1. The third kappa shape index (κ3) is 3.90. The second kappa shape index (κ2) is 7.71. The first-order valence-electron chi connectivity index (χ1n) is 8.31. The van der Waals surface area contributed by atoms with Crippen molar-refractivity contribution in [1.29, 1.82) is 0 Å². The van der Waals surface area contributed by atoms with E-state index in [9.17, 15) is 4.79 Å². The maximum Gasteiger partial charge on any atom is 0.321 e. The summed E-state index contributed by atoms with van der Waals surface area (Å²) in [6, 6.07) is 16.3. The number of benzene rings is 2. The van der Waals surface area contributed by atoms with Crippen molar-refractivity contribution in [3.8, 4) is 0 Å². The monoisotopic (exact) mass is 387 g/mol. The molecule has 1 heterocycles. The summed E-state index contributed by atoms with van der Waals surface area (Å²) < 4.78 is 0.896. The molecule has 2 aromatic carbocycles. The van der Waals surface area contributed by atoms with Gasteiger partial charge < -0.3 is 15.1 Å². The number of halogens is 1. The molecule has 1 saturated heterocycles. The van der Waals surface area contributed by atoms with Gasteiger partial charge in [-0.3, -0.25) is 0 Å². The van der Waals surface area contributed by atoms with Crippen LogP contribution in [0, 0.1) is 0 Å². The molecule has 0 atom stereocenters. The van der Waals surface area contributed by atoms with Gasteiger partial charge in [0.15, 0.2) is 0 Å². The quantitative estimate of drug-likeness (QED) is 0.848. The van der Waals surface area contributed by atoms with Crippen LogP contribution >= 0.6 is 15.9 Å². The number of nitrogens with one attached hydrogen (secondary N) is 1. The van der Waals surface area contributed by atoms with Crippen LogP contribution in [0.3, 0.4) is 0 Å². The number of aryl methyl sites for hydroxylation is 1. The average Bonchev–Trinajstić information content (AvgIpc) is 2.64. The summed E-state index contributed by atoms with van der Waals surface area (Å²) in [6.07, 6.45) is 1.06. The van der Waals surface area contributed by atoms with Crippen LogP contribution in [0.25, 0.3) is 0 Å². The lowest BCUT2D eigenvalue weighted by Gasteiger charge is -2.36. The molecule has 1 N–H and O–H groups in total. The van der Waals surface area contributed by atoms with Gasteiger partial charge in [-0.15, -0.1) is 0 Å². The van der Waals surface area contributed by atoms with E-state index in [1.54, 1.807) is 0 Å². The Morgan fingerprint density at radius 1 is 1.04 bits per heavy atom. The Bertz CT molecular complexity index is 694. The van der Waals surface area contributed by atoms with Crippen LogP contribution in [-0.4, -0.2) is 37.1 Å². The van der Waals surface area contributed by atoms with Crippen LogP contribution in [0.1, 0.15) is 12.5 Å². The number of hydrogen-bond donors (Lipinski definition) is 1. The number of nitrogens with zero attached hydrogens (tertiary/aromatic N) is 2. The number of amides is 2. The van der Waals surface area contributed by atoms with Gasteiger partial charge >= 0.3 is 6.03 Å². The predicted molar refractivity (Wildman–Crippen MR) is 103 cm³/mol. The van der Waals surface area contributed by atoms with E-state index in [4.69, 9.17) is 0 Å². The van der Waals surface area contributed by atoms with Crippen molar-refractivity contribution >= 4 is 33.3 Å². The van der Waals surface area contributed by atoms with Crippen molar-refractivity contribution in [2.45, 2.75) is 13.3 Å². The molecule has 1 fully saturated rings. The van der Waals surface area contributed by atoms with Gasteiger partial charge in [-0.2, -0.15) is 0 Å². The summed E-state index contributed by atoms with van der Waals surface area (Å²) in [4.78, 5) is 16.6. The fourth-order valence-corrected chi connectivity index (χ4v) is 3.25. The zero-order valence-corrected chi connectivity index (χ0v) is 15.4. The zero-order valence-electron chi connectivity index (χ0n) is 13.8. The zero-order chi connectivity index (χ0) is 16.9. The molecule has 5 heteroatoms. The summed E-state index contributed by atoms with van der Waals surface area (Å²) in [5.74, 6) is 0. The molecular formula is C19H22BrN3O. The highest BCUT2D eigenvalue weighted by molar-refractivity contribution is 9.10. The Hall–Kier alpha value is -2.01. The van der Waals surface area contributed by atoms with Gasteiger partial charge in [-0.05, 0) is 52.2 Å². The molecule has 0 saturated carbocycles. The van der Waals surface area contributed by atoms with Crippen LogP contribution in [-0.2, 0) is 6.42 Å². The molecule has 0 spiro atoms. The number of carbonyl (C=O) groups excluding carboxylic acids is 1. The number of carbonyl (C=O) groups is 1. The lowest BCUT2D eigenvalue weighted by molar-refractivity contribution is 0.208. The van der Waals surface area contributed by atoms with E-state index in [0.29, 0.717) is 0 Å². The second-order valence-electron chi connectivity index (χ2n) is 5.90. The first-order valence-corrected chi connectivity index (χ1v) is 9.11. The highest BCUT2D eigenvalue weighted by atomic mass is 79.9. The predicted octanol–water partition coefficient (Wildman–Crippen LogP) is 4.37. The van der Waals surface area contributed by atoms with E-state index in [0.717, 1.165) is 42.8 Å². The minimum atomic E-state index is -0.0390. The molecule has 1 aliphatic heterocycles. The van der Waals surface area contributed by atoms with E-state index < -0.39 is 0 Å². The van der Waals surface area contributed by atoms with Crippen molar-refractivity contribution in [2.75, 3.05) is 36.4 Å². The Morgan fingerprint density at radius 3 is 2.33 bits per heavy atom. The summed E-state index contributed by atoms with van der Waals surface area (Å²) >= 11 is 3.46. The number of urea groups is 1. The molecule has 4 nitrogen and oxygen atoms in total. The Kier molecular flexibility index (Phi) is 5.41. The summed E-state index contributed by atoms with van der Waals surface area (Å²) in [7, 11) is 0. The highest BCUT2D eigenvalue weighted by Gasteiger charge is 2.21. The topological polar surface area (TPSA) is 35.6 Å². The molecule has 24 heavy (non-hydrogen) atoms. The van der Waals surface area contributed by atoms with Crippen LogP contribution < -0.4 is 10.2 Å². The summed E-state index contributed by atoms with van der Waals surface area (Å²) in [6.45, 7) is 5.33. The molecule has 1 aliphatic rings. The fourth-order valence-electron chi connectivity index (χ4n) is 2.87. The van der Waals surface area contributed by atoms with Crippen LogP contribution in [0.5, 0.6) is 0 Å². The molecule has 126 valence electrons. The first-order chi connectivity index (χ1) is 11.7. The van der Waals surface area contributed by atoms with Crippen LogP contribution in [0.15, 0.2) is 53.0 Å². The Morgan fingerprint density at radius 2 is 1.71 bits per heavy atom. The average molecular weight is 388 g/mol. The molecule has 0 unspecified atom stereocenters. The Labute approximate surface area is 151 Å². The van der Waals surface area contributed by atoms with Crippen molar-refractivity contribution in [1.82, 2.24) is 4.90 Å². The third-order valence-corrected chi connectivity index (χ3v) is 5.08. The van der Waals surface area contributed by atoms with E-state index >= 15 is 0 Å². The van der Waals surface area contributed by atoms with Crippen LogP contribution in [0.4, 0.5) is 16.2 Å². The molecule has 0 aliphatic carbocycles. The van der Waals surface area contributed by atoms with Gasteiger partial charge in [-0.25, -0.2) is 4.79 Å². The number of hydrogen-bond acceptors (Lipinski definition) is 2.